The van der Waals surface area contributed by atoms with E-state index in [0.717, 1.165) is 12.1 Å². The number of fused-ring (bicyclic) bond motifs is 8. The quantitative estimate of drug-likeness (QED) is 0.195. The first-order valence-corrected chi connectivity index (χ1v) is 11.9. The lowest BCUT2D eigenvalue weighted by Crippen LogP contribution is -1.96. The summed E-state index contributed by atoms with van der Waals surface area (Å²) in [5, 5.41) is 10.5. The second-order valence-electron chi connectivity index (χ2n) is 9.17. The molecule has 0 saturated carbocycles. The van der Waals surface area contributed by atoms with Gasteiger partial charge in [0.2, 0.25) is 0 Å². The summed E-state index contributed by atoms with van der Waals surface area (Å²) in [4.78, 5) is 44.7. The fourth-order valence-corrected chi connectivity index (χ4v) is 5.17. The van der Waals surface area contributed by atoms with Gasteiger partial charge in [-0.3, -0.25) is 0 Å². The van der Waals surface area contributed by atoms with Crippen LogP contribution in [-0.2, 0) is 0 Å². The molecule has 0 saturated heterocycles. The van der Waals surface area contributed by atoms with Crippen LogP contribution in [0.1, 0.15) is 0 Å². The lowest BCUT2D eigenvalue weighted by molar-refractivity contribution is 0.498. The SMILES string of the molecule is O=c1oc(=O)c2cc3c(=O)oc(=O)c3cc12.c1ccc2c(c1)ccc1cc3c(ccc4ccccc43)cc12. The van der Waals surface area contributed by atoms with Crippen LogP contribution >= 0.6 is 0 Å². The predicted octanol–water partition coefficient (Wildman–Crippen LogP) is 5.79. The van der Waals surface area contributed by atoms with Crippen LogP contribution in [-0.4, -0.2) is 0 Å². The molecule has 6 nitrogen and oxygen atoms in total. The first-order chi connectivity index (χ1) is 18.5. The van der Waals surface area contributed by atoms with Crippen molar-refractivity contribution < 1.29 is 8.83 Å². The van der Waals surface area contributed by atoms with E-state index in [4.69, 9.17) is 0 Å². The third kappa shape index (κ3) is 3.28. The Morgan fingerprint density at radius 2 is 0.658 bits per heavy atom. The van der Waals surface area contributed by atoms with E-state index in [2.05, 4.69) is 93.8 Å². The largest absolute Gasteiger partial charge is 0.386 e. The van der Waals surface area contributed by atoms with E-state index >= 15 is 0 Å². The predicted molar refractivity (Wildman–Crippen MR) is 150 cm³/mol. The van der Waals surface area contributed by atoms with Crippen LogP contribution in [0.4, 0.5) is 0 Å². The monoisotopic (exact) mass is 496 g/mol. The summed E-state index contributed by atoms with van der Waals surface area (Å²) in [6.45, 7) is 0. The van der Waals surface area contributed by atoms with Crippen molar-refractivity contribution in [2.75, 3.05) is 0 Å². The molecule has 2 aromatic heterocycles. The van der Waals surface area contributed by atoms with Gasteiger partial charge < -0.3 is 8.83 Å². The Labute approximate surface area is 212 Å². The van der Waals surface area contributed by atoms with Gasteiger partial charge in [-0.15, -0.1) is 0 Å². The van der Waals surface area contributed by atoms with Gasteiger partial charge in [0.15, 0.2) is 0 Å². The van der Waals surface area contributed by atoms with E-state index in [1.807, 2.05) is 0 Å². The maximum absolute atomic E-state index is 11.2. The highest BCUT2D eigenvalue weighted by molar-refractivity contribution is 6.17. The average Bonchev–Trinajstić information content (AvgIpc) is 3.39. The molecule has 0 N–H and O–H groups in total. The highest BCUT2D eigenvalue weighted by Gasteiger charge is 2.15. The van der Waals surface area contributed by atoms with Crippen molar-refractivity contribution in [1.29, 1.82) is 0 Å². The van der Waals surface area contributed by atoms with Crippen molar-refractivity contribution in [2.45, 2.75) is 0 Å². The summed E-state index contributed by atoms with van der Waals surface area (Å²) in [6, 6.07) is 33.1. The highest BCUT2D eigenvalue weighted by Crippen LogP contribution is 2.32. The van der Waals surface area contributed by atoms with E-state index < -0.39 is 22.5 Å². The summed E-state index contributed by atoms with van der Waals surface area (Å²) < 4.78 is 8.68. The zero-order valence-electron chi connectivity index (χ0n) is 19.7. The van der Waals surface area contributed by atoms with Crippen molar-refractivity contribution in [3.8, 4) is 0 Å². The van der Waals surface area contributed by atoms with Crippen molar-refractivity contribution in [2.24, 2.45) is 0 Å². The number of furan rings is 2. The maximum Gasteiger partial charge on any atom is 0.346 e. The molecular formula is C32H16O6. The third-order valence-electron chi connectivity index (χ3n) is 7.02. The molecule has 0 amide bonds. The Morgan fingerprint density at radius 3 is 1.05 bits per heavy atom. The zero-order valence-corrected chi connectivity index (χ0v) is 19.7. The summed E-state index contributed by atoms with van der Waals surface area (Å²) >= 11 is 0. The van der Waals surface area contributed by atoms with Crippen LogP contribution in [0.25, 0.3) is 64.6 Å². The van der Waals surface area contributed by atoms with Gasteiger partial charge in [-0.1, -0.05) is 72.8 Å². The average molecular weight is 496 g/mol. The lowest BCUT2D eigenvalue weighted by Gasteiger charge is -2.08. The number of hydrogen-bond donors (Lipinski definition) is 0. The first kappa shape index (κ1) is 21.9. The van der Waals surface area contributed by atoms with Crippen LogP contribution < -0.4 is 22.5 Å². The minimum Gasteiger partial charge on any atom is -0.386 e. The van der Waals surface area contributed by atoms with Gasteiger partial charge in [0.25, 0.3) is 0 Å². The Balaban J connectivity index is 0.000000134. The van der Waals surface area contributed by atoms with E-state index in [1.165, 1.54) is 43.1 Å². The fraction of sp³-hybridized carbons (Fsp3) is 0. The topological polar surface area (TPSA) is 94.6 Å². The van der Waals surface area contributed by atoms with E-state index in [0.29, 0.717) is 0 Å². The molecule has 0 unspecified atom stereocenters. The Hall–Kier alpha value is -5.36. The van der Waals surface area contributed by atoms with Crippen molar-refractivity contribution >= 4 is 64.6 Å². The Morgan fingerprint density at radius 1 is 0.316 bits per heavy atom. The Kier molecular flexibility index (Phi) is 4.65. The molecule has 0 radical (unpaired) electrons. The molecule has 6 heteroatoms. The minimum atomic E-state index is -0.824. The fourth-order valence-electron chi connectivity index (χ4n) is 5.17. The molecule has 2 heterocycles. The van der Waals surface area contributed by atoms with Gasteiger partial charge in [0.1, 0.15) is 0 Å². The molecule has 0 spiro atoms. The van der Waals surface area contributed by atoms with E-state index in [9.17, 15) is 19.2 Å². The standard InChI is InChI=1S/C22H14.C10H2O6/c1-3-7-19-15(5-1)9-11-17-14-22-18(13-21(17)19)12-10-16-6-2-4-8-20(16)22;11-7-3-1-4-6(10(14)16-8(4)12)2-5(3)9(13)15-7/h1-14H;1-2H. The van der Waals surface area contributed by atoms with Gasteiger partial charge in [0.05, 0.1) is 21.5 Å². The zero-order chi connectivity index (χ0) is 26.0. The van der Waals surface area contributed by atoms with Gasteiger partial charge >= 0.3 is 22.5 Å². The first-order valence-electron chi connectivity index (χ1n) is 11.9. The molecule has 0 aliphatic heterocycles. The molecule has 0 aliphatic carbocycles. The molecule has 0 fully saturated rings. The van der Waals surface area contributed by atoms with Crippen LogP contribution in [0.15, 0.2) is 125 Å². The van der Waals surface area contributed by atoms with Crippen molar-refractivity contribution in [1.82, 2.24) is 0 Å². The molecule has 180 valence electrons. The molecule has 6 aromatic carbocycles. The van der Waals surface area contributed by atoms with E-state index in [-0.39, 0.29) is 21.5 Å². The number of rotatable bonds is 0. The normalized spacial score (nSPS) is 11.6. The highest BCUT2D eigenvalue weighted by atomic mass is 16.4. The van der Waals surface area contributed by atoms with Crippen LogP contribution in [0.5, 0.6) is 0 Å². The van der Waals surface area contributed by atoms with Gasteiger partial charge in [-0.2, -0.15) is 0 Å². The van der Waals surface area contributed by atoms with Gasteiger partial charge in [-0.05, 0) is 67.4 Å². The second-order valence-corrected chi connectivity index (χ2v) is 9.17. The maximum atomic E-state index is 11.2. The molecule has 0 bridgehead atoms. The molecular weight excluding hydrogens is 480 g/mol. The van der Waals surface area contributed by atoms with Gasteiger partial charge in [0, 0.05) is 0 Å². The van der Waals surface area contributed by atoms with Crippen molar-refractivity contribution in [3.05, 3.63) is 139 Å². The summed E-state index contributed by atoms with van der Waals surface area (Å²) in [5.41, 5.74) is -3.30. The minimum absolute atomic E-state index is 0.0181. The van der Waals surface area contributed by atoms with Crippen LogP contribution in [0, 0.1) is 0 Å². The van der Waals surface area contributed by atoms with E-state index in [1.54, 1.807) is 0 Å². The lowest BCUT2D eigenvalue weighted by atomic mass is 9.95. The third-order valence-corrected chi connectivity index (χ3v) is 7.02. The summed E-state index contributed by atoms with van der Waals surface area (Å²) in [7, 11) is 0. The molecule has 0 atom stereocenters. The smallest absolute Gasteiger partial charge is 0.346 e. The Bertz CT molecular complexity index is 2190. The molecule has 8 aromatic rings. The second kappa shape index (κ2) is 8.08. The number of hydrogen-bond acceptors (Lipinski definition) is 6. The van der Waals surface area contributed by atoms with Gasteiger partial charge in [-0.25, -0.2) is 19.2 Å². The summed E-state index contributed by atoms with van der Waals surface area (Å²) in [6.07, 6.45) is 0. The summed E-state index contributed by atoms with van der Waals surface area (Å²) in [5.74, 6) is 0. The molecule has 8 rings (SSSR count). The van der Waals surface area contributed by atoms with Crippen molar-refractivity contribution in [3.63, 3.8) is 0 Å². The molecule has 38 heavy (non-hydrogen) atoms. The number of benzene rings is 6. The van der Waals surface area contributed by atoms with Crippen LogP contribution in [0.2, 0.25) is 0 Å². The van der Waals surface area contributed by atoms with Crippen LogP contribution in [0.3, 0.4) is 0 Å². The molecule has 0 aliphatic rings.